The van der Waals surface area contributed by atoms with Crippen molar-refractivity contribution < 1.29 is 19.1 Å². The van der Waals surface area contributed by atoms with Crippen LogP contribution in [0.25, 0.3) is 11.1 Å². The summed E-state index contributed by atoms with van der Waals surface area (Å²) in [5.74, 6) is 5.27. The van der Waals surface area contributed by atoms with E-state index in [1.165, 1.54) is 30.5 Å². The molecule has 0 unspecified atom stereocenters. The Bertz CT molecular complexity index is 1220. The van der Waals surface area contributed by atoms with Crippen LogP contribution in [0.2, 0.25) is 5.15 Å². The Morgan fingerprint density at radius 2 is 1.76 bits per heavy atom. The van der Waals surface area contributed by atoms with Crippen molar-refractivity contribution in [1.29, 1.82) is 0 Å². The fourth-order valence-electron chi connectivity index (χ4n) is 3.80. The van der Waals surface area contributed by atoms with Crippen LogP contribution in [0.5, 0.6) is 0 Å². The molecule has 2 aromatic carbocycles. The van der Waals surface area contributed by atoms with Crippen LogP contribution in [0.1, 0.15) is 39.4 Å². The summed E-state index contributed by atoms with van der Waals surface area (Å²) in [6, 6.07) is 17.9. The predicted molar refractivity (Wildman–Crippen MR) is 125 cm³/mol. The number of carbonyl (C=O) groups is 2. The first-order valence-corrected chi connectivity index (χ1v) is 10.8. The molecule has 6 nitrogen and oxygen atoms in total. The van der Waals surface area contributed by atoms with Gasteiger partial charge in [-0.1, -0.05) is 72.0 Å². The monoisotopic (exact) mass is 460 g/mol. The molecule has 3 aromatic rings. The highest BCUT2D eigenvalue weighted by Crippen LogP contribution is 2.44. The van der Waals surface area contributed by atoms with Gasteiger partial charge in [0.15, 0.2) is 0 Å². The largest absolute Gasteiger partial charge is 0.465 e. The van der Waals surface area contributed by atoms with Crippen LogP contribution in [0.3, 0.4) is 0 Å². The van der Waals surface area contributed by atoms with Crippen molar-refractivity contribution in [2.45, 2.75) is 12.3 Å². The summed E-state index contributed by atoms with van der Waals surface area (Å²) in [6.45, 7) is 0.568. The molecule has 0 radical (unpaired) electrons. The predicted octanol–water partition coefficient (Wildman–Crippen LogP) is 4.80. The van der Waals surface area contributed by atoms with E-state index in [-0.39, 0.29) is 23.2 Å². The SMILES string of the molecule is COC(=O)c1cnc(Cl)c(C#CCCNC(=O)OCC2c3ccccc3-c3ccccc32)c1. The molecule has 0 saturated carbocycles. The summed E-state index contributed by atoms with van der Waals surface area (Å²) in [5.41, 5.74) is 5.38. The first-order chi connectivity index (χ1) is 16.1. The van der Waals surface area contributed by atoms with Gasteiger partial charge in [-0.15, -0.1) is 0 Å². The number of fused-ring (bicyclic) bond motifs is 3. The molecule has 1 heterocycles. The highest BCUT2D eigenvalue weighted by molar-refractivity contribution is 6.30. The van der Waals surface area contributed by atoms with Crippen LogP contribution in [0.15, 0.2) is 60.8 Å². The summed E-state index contributed by atoms with van der Waals surface area (Å²) in [4.78, 5) is 27.7. The smallest absolute Gasteiger partial charge is 0.407 e. The second-order valence-electron chi connectivity index (χ2n) is 7.36. The number of benzene rings is 2. The Hall–Kier alpha value is -3.82. The van der Waals surface area contributed by atoms with E-state index in [4.69, 9.17) is 16.3 Å². The van der Waals surface area contributed by atoms with Crippen molar-refractivity contribution in [3.05, 3.63) is 88.2 Å². The standard InChI is InChI=1S/C26H21ClN2O4/c1-32-25(30)18-14-17(24(27)29-15-18)8-6-7-13-28-26(31)33-16-23-21-11-4-2-9-19(21)20-10-3-5-12-22(20)23/h2-5,9-12,14-15,23H,7,13,16H2,1H3,(H,28,31). The van der Waals surface area contributed by atoms with E-state index in [1.807, 2.05) is 24.3 Å². The number of aromatic nitrogens is 1. The molecule has 1 aromatic heterocycles. The van der Waals surface area contributed by atoms with E-state index in [0.29, 0.717) is 18.5 Å². The number of esters is 1. The third-order valence-electron chi connectivity index (χ3n) is 5.35. The van der Waals surface area contributed by atoms with Gasteiger partial charge in [-0.05, 0) is 28.3 Å². The van der Waals surface area contributed by atoms with Gasteiger partial charge in [0.25, 0.3) is 0 Å². The van der Waals surface area contributed by atoms with E-state index in [1.54, 1.807) is 0 Å². The second kappa shape index (κ2) is 10.2. The van der Waals surface area contributed by atoms with Gasteiger partial charge in [0.2, 0.25) is 0 Å². The highest BCUT2D eigenvalue weighted by Gasteiger charge is 2.28. The molecule has 0 saturated heterocycles. The van der Waals surface area contributed by atoms with Crippen molar-refractivity contribution in [1.82, 2.24) is 10.3 Å². The van der Waals surface area contributed by atoms with Crippen molar-refractivity contribution in [2.75, 3.05) is 20.3 Å². The van der Waals surface area contributed by atoms with Crippen LogP contribution in [-0.2, 0) is 9.47 Å². The molecule has 166 valence electrons. The third kappa shape index (κ3) is 5.00. The minimum Gasteiger partial charge on any atom is -0.465 e. The van der Waals surface area contributed by atoms with Gasteiger partial charge < -0.3 is 14.8 Å². The molecule has 4 rings (SSSR count). The number of rotatable bonds is 5. The van der Waals surface area contributed by atoms with E-state index in [0.717, 1.165) is 11.1 Å². The number of carbonyl (C=O) groups excluding carboxylic acids is 2. The minimum absolute atomic E-state index is 0.0136. The Morgan fingerprint density at radius 1 is 1.09 bits per heavy atom. The maximum Gasteiger partial charge on any atom is 0.407 e. The molecule has 33 heavy (non-hydrogen) atoms. The Morgan fingerprint density at radius 3 is 2.42 bits per heavy atom. The number of nitrogens with one attached hydrogen (secondary N) is 1. The van der Waals surface area contributed by atoms with E-state index in [2.05, 4.69) is 51.1 Å². The second-order valence-corrected chi connectivity index (χ2v) is 7.72. The Kier molecular flexibility index (Phi) is 6.92. The number of nitrogens with zero attached hydrogens (tertiary/aromatic N) is 1. The van der Waals surface area contributed by atoms with Gasteiger partial charge in [0.05, 0.1) is 18.2 Å². The molecule has 1 aliphatic carbocycles. The molecule has 1 N–H and O–H groups in total. The summed E-state index contributed by atoms with van der Waals surface area (Å²) in [6.07, 6.45) is 1.21. The zero-order valence-electron chi connectivity index (χ0n) is 17.9. The normalized spacial score (nSPS) is 11.6. The van der Waals surface area contributed by atoms with Crippen molar-refractivity contribution >= 4 is 23.7 Å². The van der Waals surface area contributed by atoms with Crippen LogP contribution >= 0.6 is 11.6 Å². The first-order valence-electron chi connectivity index (χ1n) is 10.4. The Balaban J connectivity index is 1.29. The third-order valence-corrected chi connectivity index (χ3v) is 5.65. The fourth-order valence-corrected chi connectivity index (χ4v) is 3.95. The number of halogens is 1. The summed E-state index contributed by atoms with van der Waals surface area (Å²) in [7, 11) is 1.29. The molecular weight excluding hydrogens is 440 g/mol. The molecule has 0 aliphatic heterocycles. The number of methoxy groups -OCH3 is 1. The van der Waals surface area contributed by atoms with Crippen LogP contribution in [0.4, 0.5) is 4.79 Å². The average Bonchev–Trinajstić information content (AvgIpc) is 3.16. The lowest BCUT2D eigenvalue weighted by Crippen LogP contribution is -2.26. The summed E-state index contributed by atoms with van der Waals surface area (Å²) < 4.78 is 10.2. The van der Waals surface area contributed by atoms with Crippen LogP contribution in [-0.4, -0.2) is 37.3 Å². The van der Waals surface area contributed by atoms with Crippen molar-refractivity contribution in [3.8, 4) is 23.0 Å². The lowest BCUT2D eigenvalue weighted by atomic mass is 9.98. The fraction of sp³-hybridized carbons (Fsp3) is 0.192. The van der Waals surface area contributed by atoms with Gasteiger partial charge in [-0.3, -0.25) is 0 Å². The van der Waals surface area contributed by atoms with Crippen LogP contribution in [0, 0.1) is 11.8 Å². The van der Waals surface area contributed by atoms with Gasteiger partial charge in [0.1, 0.15) is 11.8 Å². The molecule has 0 atom stereocenters. The van der Waals surface area contributed by atoms with Gasteiger partial charge in [-0.25, -0.2) is 14.6 Å². The van der Waals surface area contributed by atoms with E-state index in [9.17, 15) is 9.59 Å². The molecule has 1 amide bonds. The molecule has 0 spiro atoms. The van der Waals surface area contributed by atoms with Crippen LogP contribution < -0.4 is 5.32 Å². The zero-order valence-corrected chi connectivity index (χ0v) is 18.7. The number of amides is 1. The highest BCUT2D eigenvalue weighted by atomic mass is 35.5. The zero-order chi connectivity index (χ0) is 23.2. The minimum atomic E-state index is -0.515. The molecule has 7 heteroatoms. The van der Waals surface area contributed by atoms with Gasteiger partial charge >= 0.3 is 12.1 Å². The molecule has 1 aliphatic rings. The van der Waals surface area contributed by atoms with Crippen molar-refractivity contribution in [2.24, 2.45) is 0 Å². The molecular formula is C26H21ClN2O4. The topological polar surface area (TPSA) is 77.5 Å². The van der Waals surface area contributed by atoms with Gasteiger partial charge in [-0.2, -0.15) is 0 Å². The van der Waals surface area contributed by atoms with E-state index >= 15 is 0 Å². The lowest BCUT2D eigenvalue weighted by Gasteiger charge is -2.14. The number of pyridine rings is 1. The maximum absolute atomic E-state index is 12.2. The average molecular weight is 461 g/mol. The van der Waals surface area contributed by atoms with Crippen molar-refractivity contribution in [3.63, 3.8) is 0 Å². The molecule has 0 fully saturated rings. The summed E-state index contributed by atoms with van der Waals surface area (Å²) >= 11 is 6.03. The first kappa shape index (κ1) is 22.4. The van der Waals surface area contributed by atoms with Gasteiger partial charge in [0, 0.05) is 25.1 Å². The number of hydrogen-bond donors (Lipinski definition) is 1. The molecule has 0 bridgehead atoms. The van der Waals surface area contributed by atoms with E-state index < -0.39 is 12.1 Å². The number of hydrogen-bond acceptors (Lipinski definition) is 5. The lowest BCUT2D eigenvalue weighted by molar-refractivity contribution is 0.0600. The maximum atomic E-state index is 12.2. The Labute approximate surface area is 196 Å². The number of alkyl carbamates (subject to hydrolysis) is 1. The quantitative estimate of drug-likeness (QED) is 0.256. The summed E-state index contributed by atoms with van der Waals surface area (Å²) in [5, 5.41) is 2.90. The number of ether oxygens (including phenoxy) is 2.